The van der Waals surface area contributed by atoms with Gasteiger partial charge in [0.05, 0.1) is 11.1 Å². The summed E-state index contributed by atoms with van der Waals surface area (Å²) in [5, 5.41) is 0. The topological polar surface area (TPSA) is 0 Å². The molecule has 0 amide bonds. The quantitative estimate of drug-likeness (QED) is 0.522. The van der Waals surface area contributed by atoms with Gasteiger partial charge in [0.15, 0.2) is 0 Å². The van der Waals surface area contributed by atoms with Crippen LogP contribution in [0, 0.1) is 27.7 Å². The number of rotatable bonds is 3. The molecule has 0 saturated carbocycles. The van der Waals surface area contributed by atoms with E-state index in [1.54, 1.807) is 27.7 Å². The van der Waals surface area contributed by atoms with Crippen molar-refractivity contribution in [3.05, 3.63) is 68.8 Å². The Hall–Kier alpha value is -1.98. The van der Waals surface area contributed by atoms with Gasteiger partial charge in [-0.15, -0.1) is 0 Å². The summed E-state index contributed by atoms with van der Waals surface area (Å²) >= 11 is 0. The van der Waals surface area contributed by atoms with E-state index in [9.17, 15) is 26.3 Å². The van der Waals surface area contributed by atoms with Gasteiger partial charge in [-0.1, -0.05) is 12.1 Å². The first kappa shape index (κ1) is 20.3. The van der Waals surface area contributed by atoms with Gasteiger partial charge in [0.25, 0.3) is 0 Å². The van der Waals surface area contributed by atoms with Crippen molar-refractivity contribution in [2.24, 2.45) is 0 Å². The fraction of sp³-hybridized carbons (Fsp3) is 0.400. The Morgan fingerprint density at radius 3 is 1.08 bits per heavy atom. The number of aryl methyl sites for hydroxylation is 6. The Morgan fingerprint density at radius 2 is 0.808 bits per heavy atom. The van der Waals surface area contributed by atoms with Crippen LogP contribution < -0.4 is 0 Å². The van der Waals surface area contributed by atoms with Gasteiger partial charge in [-0.05, 0) is 86.1 Å². The largest absolute Gasteiger partial charge is 0.416 e. The van der Waals surface area contributed by atoms with Crippen molar-refractivity contribution < 1.29 is 26.3 Å². The molecule has 0 radical (unpaired) electrons. The molecule has 0 heterocycles. The lowest BCUT2D eigenvalue weighted by Gasteiger charge is -2.18. The van der Waals surface area contributed by atoms with Gasteiger partial charge >= 0.3 is 12.4 Å². The molecule has 0 nitrogen and oxygen atoms in total. The average molecular weight is 374 g/mol. The second-order valence-corrected chi connectivity index (χ2v) is 6.68. The molecule has 0 aromatic heterocycles. The molecule has 0 saturated heterocycles. The lowest BCUT2D eigenvalue weighted by molar-refractivity contribution is -0.139. The summed E-state index contributed by atoms with van der Waals surface area (Å²) in [6.45, 7) is 6.55. The highest BCUT2D eigenvalue weighted by molar-refractivity contribution is 5.42. The molecule has 0 aliphatic heterocycles. The number of halogens is 6. The van der Waals surface area contributed by atoms with Crippen LogP contribution in [0.25, 0.3) is 0 Å². The molecule has 2 aromatic rings. The molecule has 0 aliphatic carbocycles. The molecular formula is C20H20F6. The highest BCUT2D eigenvalue weighted by Crippen LogP contribution is 2.36. The van der Waals surface area contributed by atoms with Gasteiger partial charge in [0.2, 0.25) is 0 Å². The molecular weight excluding hydrogens is 354 g/mol. The molecule has 2 aromatic carbocycles. The summed E-state index contributed by atoms with van der Waals surface area (Å²) in [5.74, 6) is 0. The molecule has 2 rings (SSSR count). The van der Waals surface area contributed by atoms with Crippen molar-refractivity contribution in [2.45, 2.75) is 52.9 Å². The zero-order valence-corrected chi connectivity index (χ0v) is 15.0. The fourth-order valence-corrected chi connectivity index (χ4v) is 2.96. The summed E-state index contributed by atoms with van der Waals surface area (Å²) in [5.41, 5.74) is 0.856. The predicted molar refractivity (Wildman–Crippen MR) is 89.2 cm³/mol. The predicted octanol–water partition coefficient (Wildman–Crippen LogP) is 6.74. The molecule has 6 heteroatoms. The number of hydrogen-bond donors (Lipinski definition) is 0. The smallest absolute Gasteiger partial charge is 0.166 e. The fourth-order valence-electron chi connectivity index (χ4n) is 2.96. The zero-order valence-electron chi connectivity index (χ0n) is 15.0. The average Bonchev–Trinajstić information content (AvgIpc) is 2.48. The van der Waals surface area contributed by atoms with E-state index in [0.717, 1.165) is 12.1 Å². The highest BCUT2D eigenvalue weighted by Gasteiger charge is 2.35. The summed E-state index contributed by atoms with van der Waals surface area (Å²) in [4.78, 5) is 0. The maximum absolute atomic E-state index is 13.3. The highest BCUT2D eigenvalue weighted by atomic mass is 19.4. The van der Waals surface area contributed by atoms with Gasteiger partial charge in [0, 0.05) is 0 Å². The van der Waals surface area contributed by atoms with Crippen LogP contribution in [-0.2, 0) is 25.2 Å². The van der Waals surface area contributed by atoms with E-state index < -0.39 is 23.5 Å². The molecule has 0 bridgehead atoms. The summed E-state index contributed by atoms with van der Waals surface area (Å²) in [6.07, 6.45) is -9.29. The van der Waals surface area contributed by atoms with E-state index in [-0.39, 0.29) is 24.0 Å². The summed E-state index contributed by atoms with van der Waals surface area (Å²) < 4.78 is 79.7. The van der Waals surface area contributed by atoms with E-state index >= 15 is 0 Å². The van der Waals surface area contributed by atoms with E-state index in [2.05, 4.69) is 0 Å². The Labute approximate surface area is 148 Å². The van der Waals surface area contributed by atoms with Gasteiger partial charge in [-0.3, -0.25) is 0 Å². The lowest BCUT2D eigenvalue weighted by Crippen LogP contribution is -2.13. The minimum absolute atomic E-state index is 0.0203. The van der Waals surface area contributed by atoms with E-state index in [0.29, 0.717) is 22.3 Å². The number of benzene rings is 2. The molecule has 0 fully saturated rings. The van der Waals surface area contributed by atoms with E-state index in [4.69, 9.17) is 0 Å². The van der Waals surface area contributed by atoms with Crippen LogP contribution in [-0.4, -0.2) is 0 Å². The lowest BCUT2D eigenvalue weighted by atomic mass is 9.92. The first-order chi connectivity index (χ1) is 11.8. The van der Waals surface area contributed by atoms with Crippen LogP contribution in [0.2, 0.25) is 0 Å². The minimum atomic E-state index is -4.54. The third kappa shape index (κ3) is 4.40. The Kier molecular flexibility index (Phi) is 5.45. The Bertz CT molecular complexity index is 743. The van der Waals surface area contributed by atoms with Crippen molar-refractivity contribution in [1.82, 2.24) is 0 Å². The third-order valence-electron chi connectivity index (χ3n) is 4.71. The van der Waals surface area contributed by atoms with Gasteiger partial charge < -0.3 is 0 Å². The van der Waals surface area contributed by atoms with Crippen LogP contribution in [0.15, 0.2) is 24.3 Å². The van der Waals surface area contributed by atoms with Gasteiger partial charge in [-0.2, -0.15) is 26.3 Å². The normalized spacial score (nSPS) is 12.5. The van der Waals surface area contributed by atoms with E-state index in [1.165, 1.54) is 12.1 Å². The third-order valence-corrected chi connectivity index (χ3v) is 4.71. The molecule has 26 heavy (non-hydrogen) atoms. The molecule has 0 aliphatic rings. The molecule has 142 valence electrons. The first-order valence-corrected chi connectivity index (χ1v) is 8.15. The SMILES string of the molecule is Cc1cc(CCc2cc(C)c(C)cc2C(F)(F)F)c(C(F)(F)F)cc1C. The van der Waals surface area contributed by atoms with E-state index in [1.807, 2.05) is 0 Å². The zero-order chi connectivity index (χ0) is 19.9. The number of hydrogen-bond acceptors (Lipinski definition) is 0. The van der Waals surface area contributed by atoms with Crippen molar-refractivity contribution in [3.8, 4) is 0 Å². The van der Waals surface area contributed by atoms with Crippen LogP contribution in [0.3, 0.4) is 0 Å². The summed E-state index contributed by atoms with van der Waals surface area (Å²) in [6, 6.07) is 4.98. The van der Waals surface area contributed by atoms with Crippen molar-refractivity contribution in [1.29, 1.82) is 0 Å². The Morgan fingerprint density at radius 1 is 0.538 bits per heavy atom. The summed E-state index contributed by atoms with van der Waals surface area (Å²) in [7, 11) is 0. The maximum Gasteiger partial charge on any atom is 0.416 e. The van der Waals surface area contributed by atoms with Crippen LogP contribution in [0.4, 0.5) is 26.3 Å². The van der Waals surface area contributed by atoms with Crippen LogP contribution in [0.1, 0.15) is 44.5 Å². The second-order valence-electron chi connectivity index (χ2n) is 6.68. The van der Waals surface area contributed by atoms with Crippen molar-refractivity contribution in [2.75, 3.05) is 0 Å². The van der Waals surface area contributed by atoms with Crippen LogP contribution >= 0.6 is 0 Å². The monoisotopic (exact) mass is 374 g/mol. The molecule has 0 atom stereocenters. The molecule has 0 spiro atoms. The number of alkyl halides is 6. The van der Waals surface area contributed by atoms with Crippen LogP contribution in [0.5, 0.6) is 0 Å². The van der Waals surface area contributed by atoms with Crippen molar-refractivity contribution in [3.63, 3.8) is 0 Å². The molecule has 0 N–H and O–H groups in total. The van der Waals surface area contributed by atoms with Gasteiger partial charge in [0.1, 0.15) is 0 Å². The van der Waals surface area contributed by atoms with Gasteiger partial charge in [-0.25, -0.2) is 0 Å². The maximum atomic E-state index is 13.3. The second kappa shape index (κ2) is 6.97. The molecule has 0 unspecified atom stereocenters. The minimum Gasteiger partial charge on any atom is -0.166 e. The van der Waals surface area contributed by atoms with Crippen molar-refractivity contribution >= 4 is 0 Å². The Balaban J connectivity index is 2.44. The standard InChI is InChI=1S/C20H20F6/c1-11-7-15(17(9-13(11)3)19(21,22)23)5-6-16-8-12(2)14(4)10-18(16)20(24,25)26/h7-10H,5-6H2,1-4H3. The first-order valence-electron chi connectivity index (χ1n) is 8.15.